The predicted molar refractivity (Wildman–Crippen MR) is 71.4 cm³/mol. The predicted octanol–water partition coefficient (Wildman–Crippen LogP) is 1.70. The number of morpholine rings is 1. The van der Waals surface area contributed by atoms with Gasteiger partial charge in [-0.15, -0.1) is 0 Å². The van der Waals surface area contributed by atoms with Gasteiger partial charge in [-0.1, -0.05) is 12.1 Å². The van der Waals surface area contributed by atoms with Crippen LogP contribution in [0.2, 0.25) is 0 Å². The summed E-state index contributed by atoms with van der Waals surface area (Å²) in [5, 5.41) is 10.1. The summed E-state index contributed by atoms with van der Waals surface area (Å²) in [4.78, 5) is 16.7. The van der Waals surface area contributed by atoms with Gasteiger partial charge in [0.1, 0.15) is 0 Å². The van der Waals surface area contributed by atoms with Gasteiger partial charge >= 0.3 is 5.97 Å². The molecule has 5 nitrogen and oxygen atoms in total. The lowest BCUT2D eigenvalue weighted by molar-refractivity contribution is 0.0337. The molecule has 5 heteroatoms. The molecule has 0 radical (unpaired) electrons. The fraction of sp³-hybridized carbons (Fsp3) is 0.357. The molecule has 0 atom stereocenters. The highest BCUT2D eigenvalue weighted by atomic mass is 16.5. The third-order valence-corrected chi connectivity index (χ3v) is 3.44. The molecular formula is C14H16N2O3. The number of H-pyrrole nitrogens is 1. The van der Waals surface area contributed by atoms with Crippen molar-refractivity contribution in [2.75, 3.05) is 26.3 Å². The standard InChI is InChI=1S/C14H16N2O3/c17-14(18)12-3-1-2-10-8-11(15-13(10)12)9-16-4-6-19-7-5-16/h1-3,8,15H,4-7,9H2,(H,17,18). The Balaban J connectivity index is 1.88. The first-order chi connectivity index (χ1) is 9.24. The van der Waals surface area contributed by atoms with Crippen LogP contribution in [0.1, 0.15) is 16.1 Å². The third kappa shape index (κ3) is 2.47. The lowest BCUT2D eigenvalue weighted by Crippen LogP contribution is -2.35. The zero-order valence-electron chi connectivity index (χ0n) is 10.6. The SMILES string of the molecule is O=C(O)c1cccc2cc(CN3CCOCC3)[nH]c12. The third-order valence-electron chi connectivity index (χ3n) is 3.44. The van der Waals surface area contributed by atoms with Crippen molar-refractivity contribution >= 4 is 16.9 Å². The number of rotatable bonds is 3. The highest BCUT2D eigenvalue weighted by molar-refractivity contribution is 6.02. The van der Waals surface area contributed by atoms with Gasteiger partial charge in [0.25, 0.3) is 0 Å². The maximum atomic E-state index is 11.2. The number of ether oxygens (including phenoxy) is 1. The van der Waals surface area contributed by atoms with E-state index in [0.29, 0.717) is 11.1 Å². The lowest BCUT2D eigenvalue weighted by atomic mass is 10.1. The van der Waals surface area contributed by atoms with Crippen molar-refractivity contribution in [1.29, 1.82) is 0 Å². The molecule has 19 heavy (non-hydrogen) atoms. The van der Waals surface area contributed by atoms with E-state index in [9.17, 15) is 4.79 Å². The fourth-order valence-corrected chi connectivity index (χ4v) is 2.48. The van der Waals surface area contributed by atoms with Crippen LogP contribution in [0.25, 0.3) is 10.9 Å². The summed E-state index contributed by atoms with van der Waals surface area (Å²) in [7, 11) is 0. The molecule has 3 rings (SSSR count). The minimum atomic E-state index is -0.898. The largest absolute Gasteiger partial charge is 0.478 e. The van der Waals surface area contributed by atoms with Crippen molar-refractivity contribution in [2.45, 2.75) is 6.54 Å². The van der Waals surface area contributed by atoms with Crippen LogP contribution in [0.5, 0.6) is 0 Å². The number of fused-ring (bicyclic) bond motifs is 1. The van der Waals surface area contributed by atoms with Gasteiger partial charge in [0.15, 0.2) is 0 Å². The Bertz CT molecular complexity index is 600. The number of benzene rings is 1. The van der Waals surface area contributed by atoms with Gasteiger partial charge in [-0.2, -0.15) is 0 Å². The molecule has 0 unspecified atom stereocenters. The van der Waals surface area contributed by atoms with E-state index in [0.717, 1.165) is 43.9 Å². The molecule has 0 spiro atoms. The number of carboxylic acid groups (broad SMARTS) is 1. The fourth-order valence-electron chi connectivity index (χ4n) is 2.48. The second kappa shape index (κ2) is 5.03. The van der Waals surface area contributed by atoms with E-state index in [4.69, 9.17) is 9.84 Å². The van der Waals surface area contributed by atoms with Crippen LogP contribution in [0.15, 0.2) is 24.3 Å². The number of para-hydroxylation sites is 1. The van der Waals surface area contributed by atoms with Crippen molar-refractivity contribution in [3.8, 4) is 0 Å². The summed E-state index contributed by atoms with van der Waals surface area (Å²) in [6.07, 6.45) is 0. The Hall–Kier alpha value is -1.85. The lowest BCUT2D eigenvalue weighted by Gasteiger charge is -2.25. The van der Waals surface area contributed by atoms with Gasteiger partial charge < -0.3 is 14.8 Å². The first-order valence-corrected chi connectivity index (χ1v) is 6.38. The monoisotopic (exact) mass is 260 g/mol. The minimum Gasteiger partial charge on any atom is -0.478 e. The van der Waals surface area contributed by atoms with Crippen LogP contribution < -0.4 is 0 Å². The smallest absolute Gasteiger partial charge is 0.337 e. The second-order valence-electron chi connectivity index (χ2n) is 4.76. The Morgan fingerprint density at radius 2 is 2.16 bits per heavy atom. The van der Waals surface area contributed by atoms with Crippen molar-refractivity contribution in [2.24, 2.45) is 0 Å². The van der Waals surface area contributed by atoms with Crippen LogP contribution in [0, 0.1) is 0 Å². The maximum absolute atomic E-state index is 11.2. The van der Waals surface area contributed by atoms with Crippen LogP contribution in [-0.4, -0.2) is 47.3 Å². The topological polar surface area (TPSA) is 65.6 Å². The number of nitrogens with one attached hydrogen (secondary N) is 1. The first kappa shape index (κ1) is 12.2. The molecule has 2 heterocycles. The molecule has 1 aromatic heterocycles. The summed E-state index contributed by atoms with van der Waals surface area (Å²) in [6, 6.07) is 7.36. The average molecular weight is 260 g/mol. The Labute approximate surface area is 110 Å². The summed E-state index contributed by atoms with van der Waals surface area (Å²) in [6.45, 7) is 4.17. The summed E-state index contributed by atoms with van der Waals surface area (Å²) >= 11 is 0. The number of carbonyl (C=O) groups is 1. The maximum Gasteiger partial charge on any atom is 0.337 e. The van der Waals surface area contributed by atoms with E-state index in [-0.39, 0.29) is 0 Å². The van der Waals surface area contributed by atoms with E-state index in [1.54, 1.807) is 12.1 Å². The number of hydrogen-bond donors (Lipinski definition) is 2. The van der Waals surface area contributed by atoms with Crippen LogP contribution in [0.3, 0.4) is 0 Å². The molecule has 100 valence electrons. The van der Waals surface area contributed by atoms with Crippen molar-refractivity contribution in [3.05, 3.63) is 35.5 Å². The van der Waals surface area contributed by atoms with Crippen LogP contribution in [-0.2, 0) is 11.3 Å². The molecule has 0 aliphatic carbocycles. The molecule has 1 fully saturated rings. The van der Waals surface area contributed by atoms with E-state index in [2.05, 4.69) is 9.88 Å². The van der Waals surface area contributed by atoms with Crippen LogP contribution >= 0.6 is 0 Å². The average Bonchev–Trinajstić information content (AvgIpc) is 2.81. The number of nitrogens with zero attached hydrogens (tertiary/aromatic N) is 1. The van der Waals surface area contributed by atoms with Crippen LogP contribution in [0.4, 0.5) is 0 Å². The number of carboxylic acids is 1. The molecule has 0 bridgehead atoms. The summed E-state index contributed by atoms with van der Waals surface area (Å²) in [5.74, 6) is -0.898. The summed E-state index contributed by atoms with van der Waals surface area (Å²) < 4.78 is 5.32. The van der Waals surface area contributed by atoms with Gasteiger partial charge in [-0.3, -0.25) is 4.90 Å². The summed E-state index contributed by atoms with van der Waals surface area (Å²) in [5.41, 5.74) is 2.08. The Morgan fingerprint density at radius 3 is 2.89 bits per heavy atom. The van der Waals surface area contributed by atoms with Gasteiger partial charge in [-0.05, 0) is 12.1 Å². The van der Waals surface area contributed by atoms with Gasteiger partial charge in [0.2, 0.25) is 0 Å². The highest BCUT2D eigenvalue weighted by Gasteiger charge is 2.14. The normalized spacial score (nSPS) is 16.8. The molecule has 2 aromatic rings. The van der Waals surface area contributed by atoms with Crippen molar-refractivity contribution in [3.63, 3.8) is 0 Å². The molecule has 0 amide bonds. The molecular weight excluding hydrogens is 244 g/mol. The minimum absolute atomic E-state index is 0.325. The second-order valence-corrected chi connectivity index (χ2v) is 4.76. The zero-order chi connectivity index (χ0) is 13.2. The number of aromatic carboxylic acids is 1. The molecule has 2 N–H and O–H groups in total. The van der Waals surface area contributed by atoms with Crippen molar-refractivity contribution < 1.29 is 14.6 Å². The Kier molecular flexibility index (Phi) is 3.23. The Morgan fingerprint density at radius 1 is 1.37 bits per heavy atom. The number of aromatic amines is 1. The quantitative estimate of drug-likeness (QED) is 0.881. The van der Waals surface area contributed by atoms with Gasteiger partial charge in [-0.25, -0.2) is 4.79 Å². The molecule has 1 aliphatic heterocycles. The zero-order valence-corrected chi connectivity index (χ0v) is 10.6. The number of aromatic nitrogens is 1. The molecule has 1 saturated heterocycles. The molecule has 0 saturated carbocycles. The van der Waals surface area contributed by atoms with Gasteiger partial charge in [0.05, 0.1) is 24.3 Å². The van der Waals surface area contributed by atoms with E-state index in [1.807, 2.05) is 12.1 Å². The van der Waals surface area contributed by atoms with E-state index >= 15 is 0 Å². The van der Waals surface area contributed by atoms with E-state index < -0.39 is 5.97 Å². The van der Waals surface area contributed by atoms with Crippen molar-refractivity contribution in [1.82, 2.24) is 9.88 Å². The molecule has 1 aliphatic rings. The first-order valence-electron chi connectivity index (χ1n) is 6.38. The van der Waals surface area contributed by atoms with E-state index in [1.165, 1.54) is 0 Å². The molecule has 1 aromatic carbocycles. The number of hydrogen-bond acceptors (Lipinski definition) is 3. The highest BCUT2D eigenvalue weighted by Crippen LogP contribution is 2.20. The van der Waals surface area contributed by atoms with Gasteiger partial charge in [0, 0.05) is 30.7 Å².